The number of nitrogens with two attached hydrogens (primary N) is 1. The van der Waals surface area contributed by atoms with Gasteiger partial charge in [0.15, 0.2) is 0 Å². The van der Waals surface area contributed by atoms with Gasteiger partial charge in [-0.15, -0.1) is 0 Å². The molecule has 0 fully saturated rings. The standard InChI is InChI=1S/C27H23N/c1-27(2)25-14-7-6-11-21(25)22-12-8-13-23(26(22)27)24-17-19(28)15-16-20(24)18-9-4-3-5-10-18/h3-17H,28H2,1-2H3. The van der Waals surface area contributed by atoms with Crippen LogP contribution in [0.2, 0.25) is 0 Å². The van der Waals surface area contributed by atoms with E-state index in [0.29, 0.717) is 0 Å². The van der Waals surface area contributed by atoms with Crippen molar-refractivity contribution in [2.45, 2.75) is 19.3 Å². The molecule has 4 aromatic carbocycles. The van der Waals surface area contributed by atoms with Gasteiger partial charge >= 0.3 is 0 Å². The monoisotopic (exact) mass is 361 g/mol. The minimum absolute atomic E-state index is 0.0545. The van der Waals surface area contributed by atoms with Gasteiger partial charge in [-0.05, 0) is 56.6 Å². The summed E-state index contributed by atoms with van der Waals surface area (Å²) in [7, 11) is 0. The molecular weight excluding hydrogens is 338 g/mol. The summed E-state index contributed by atoms with van der Waals surface area (Å²) in [6.07, 6.45) is 0. The van der Waals surface area contributed by atoms with Gasteiger partial charge < -0.3 is 5.73 Å². The highest BCUT2D eigenvalue weighted by molar-refractivity contribution is 5.93. The van der Waals surface area contributed by atoms with Crippen LogP contribution >= 0.6 is 0 Å². The molecule has 1 aliphatic carbocycles. The molecule has 0 saturated carbocycles. The molecule has 28 heavy (non-hydrogen) atoms. The number of hydrogen-bond donors (Lipinski definition) is 1. The molecule has 1 nitrogen and oxygen atoms in total. The molecule has 4 aromatic rings. The minimum atomic E-state index is -0.0545. The average molecular weight is 361 g/mol. The van der Waals surface area contributed by atoms with Crippen molar-refractivity contribution in [1.29, 1.82) is 0 Å². The molecule has 0 radical (unpaired) electrons. The molecule has 2 N–H and O–H groups in total. The van der Waals surface area contributed by atoms with Crippen LogP contribution < -0.4 is 5.73 Å². The Morgan fingerprint density at radius 3 is 2.00 bits per heavy atom. The summed E-state index contributed by atoms with van der Waals surface area (Å²) in [5.41, 5.74) is 17.3. The number of hydrogen-bond acceptors (Lipinski definition) is 1. The van der Waals surface area contributed by atoms with Crippen LogP contribution in [0.1, 0.15) is 25.0 Å². The second-order valence-electron chi connectivity index (χ2n) is 8.07. The van der Waals surface area contributed by atoms with Gasteiger partial charge in [-0.3, -0.25) is 0 Å². The topological polar surface area (TPSA) is 26.0 Å². The summed E-state index contributed by atoms with van der Waals surface area (Å²) in [4.78, 5) is 0. The lowest BCUT2D eigenvalue weighted by Gasteiger charge is -2.25. The van der Waals surface area contributed by atoms with Crippen molar-refractivity contribution in [3.05, 3.63) is 102 Å². The maximum absolute atomic E-state index is 6.24. The Morgan fingerprint density at radius 2 is 1.21 bits per heavy atom. The molecule has 1 heteroatoms. The fourth-order valence-corrected chi connectivity index (χ4v) is 4.73. The van der Waals surface area contributed by atoms with Gasteiger partial charge in [0.05, 0.1) is 0 Å². The first-order valence-corrected chi connectivity index (χ1v) is 9.76. The first-order valence-electron chi connectivity index (χ1n) is 9.76. The Labute approximate surface area is 166 Å². The minimum Gasteiger partial charge on any atom is -0.399 e. The van der Waals surface area contributed by atoms with Crippen LogP contribution in [0.4, 0.5) is 5.69 Å². The lowest BCUT2D eigenvalue weighted by Crippen LogP contribution is -2.16. The van der Waals surface area contributed by atoms with Crippen LogP contribution in [-0.2, 0) is 5.41 Å². The highest BCUT2D eigenvalue weighted by Gasteiger charge is 2.37. The molecule has 0 aliphatic heterocycles. The zero-order valence-electron chi connectivity index (χ0n) is 16.2. The van der Waals surface area contributed by atoms with Crippen molar-refractivity contribution >= 4 is 5.69 Å². The SMILES string of the molecule is CC1(C)c2ccccc2-c2cccc(-c3cc(N)ccc3-c3ccccc3)c21. The molecule has 5 rings (SSSR count). The molecule has 0 atom stereocenters. The fourth-order valence-electron chi connectivity index (χ4n) is 4.73. The van der Waals surface area contributed by atoms with E-state index < -0.39 is 0 Å². The number of anilines is 1. The van der Waals surface area contributed by atoms with Crippen molar-refractivity contribution in [2.75, 3.05) is 5.73 Å². The number of nitrogen functional groups attached to an aromatic ring is 1. The van der Waals surface area contributed by atoms with Gasteiger partial charge in [-0.25, -0.2) is 0 Å². The van der Waals surface area contributed by atoms with Gasteiger partial charge in [-0.1, -0.05) is 92.7 Å². The van der Waals surface area contributed by atoms with Crippen molar-refractivity contribution < 1.29 is 0 Å². The number of fused-ring (bicyclic) bond motifs is 3. The fraction of sp³-hybridized carbons (Fsp3) is 0.111. The zero-order valence-corrected chi connectivity index (χ0v) is 16.2. The molecule has 0 unspecified atom stereocenters. The van der Waals surface area contributed by atoms with E-state index in [4.69, 9.17) is 5.73 Å². The smallest absolute Gasteiger partial charge is 0.0320 e. The van der Waals surface area contributed by atoms with Gasteiger partial charge in [0.2, 0.25) is 0 Å². The number of rotatable bonds is 2. The van der Waals surface area contributed by atoms with E-state index in [1.165, 1.54) is 44.5 Å². The Hall–Kier alpha value is -3.32. The predicted molar refractivity (Wildman–Crippen MR) is 119 cm³/mol. The second kappa shape index (κ2) is 6.10. The van der Waals surface area contributed by atoms with E-state index in [1.807, 2.05) is 6.07 Å². The Balaban J connectivity index is 1.82. The average Bonchev–Trinajstić information content (AvgIpc) is 2.96. The largest absolute Gasteiger partial charge is 0.399 e. The summed E-state index contributed by atoms with van der Waals surface area (Å²) < 4.78 is 0. The zero-order chi connectivity index (χ0) is 19.3. The van der Waals surface area contributed by atoms with Crippen LogP contribution in [0.3, 0.4) is 0 Å². The summed E-state index contributed by atoms with van der Waals surface area (Å²) >= 11 is 0. The van der Waals surface area contributed by atoms with Crippen molar-refractivity contribution in [2.24, 2.45) is 0 Å². The van der Waals surface area contributed by atoms with E-state index in [1.54, 1.807) is 0 Å². The third-order valence-electron chi connectivity index (χ3n) is 6.00. The summed E-state index contributed by atoms with van der Waals surface area (Å²) in [5, 5.41) is 0. The second-order valence-corrected chi connectivity index (χ2v) is 8.07. The van der Waals surface area contributed by atoms with E-state index >= 15 is 0 Å². The van der Waals surface area contributed by atoms with Crippen LogP contribution in [0.15, 0.2) is 91.0 Å². The highest BCUT2D eigenvalue weighted by atomic mass is 14.5. The Kier molecular flexibility index (Phi) is 3.67. The molecule has 0 saturated heterocycles. The normalized spacial score (nSPS) is 13.8. The maximum atomic E-state index is 6.24. The lowest BCUT2D eigenvalue weighted by atomic mass is 9.78. The first kappa shape index (κ1) is 16.8. The van der Waals surface area contributed by atoms with Gasteiger partial charge in [0, 0.05) is 11.1 Å². The lowest BCUT2D eigenvalue weighted by molar-refractivity contribution is 0.662. The van der Waals surface area contributed by atoms with Crippen molar-refractivity contribution in [3.8, 4) is 33.4 Å². The summed E-state index contributed by atoms with van der Waals surface area (Å²) in [6.45, 7) is 4.66. The van der Waals surface area contributed by atoms with Gasteiger partial charge in [0.1, 0.15) is 0 Å². The summed E-state index contributed by atoms with van der Waals surface area (Å²) in [5.74, 6) is 0. The van der Waals surface area contributed by atoms with Crippen molar-refractivity contribution in [1.82, 2.24) is 0 Å². The molecule has 0 aromatic heterocycles. The Bertz CT molecular complexity index is 1190. The molecule has 0 spiro atoms. The van der Waals surface area contributed by atoms with Crippen LogP contribution in [0.25, 0.3) is 33.4 Å². The van der Waals surface area contributed by atoms with E-state index in [-0.39, 0.29) is 5.41 Å². The highest BCUT2D eigenvalue weighted by Crippen LogP contribution is 2.52. The molecule has 0 amide bonds. The predicted octanol–water partition coefficient (Wildman–Crippen LogP) is 6.91. The van der Waals surface area contributed by atoms with E-state index in [2.05, 4.69) is 98.8 Å². The summed E-state index contributed by atoms with van der Waals surface area (Å²) in [6, 6.07) is 32.3. The molecule has 1 aliphatic rings. The van der Waals surface area contributed by atoms with Crippen LogP contribution in [0, 0.1) is 0 Å². The molecular formula is C27H23N. The van der Waals surface area contributed by atoms with Gasteiger partial charge in [0.25, 0.3) is 0 Å². The molecule has 0 bridgehead atoms. The quantitative estimate of drug-likeness (QED) is 0.386. The van der Waals surface area contributed by atoms with Crippen LogP contribution in [0.5, 0.6) is 0 Å². The van der Waals surface area contributed by atoms with Crippen molar-refractivity contribution in [3.63, 3.8) is 0 Å². The van der Waals surface area contributed by atoms with E-state index in [0.717, 1.165) is 5.69 Å². The molecule has 136 valence electrons. The molecule has 0 heterocycles. The maximum Gasteiger partial charge on any atom is 0.0320 e. The number of benzene rings is 4. The first-order chi connectivity index (χ1) is 13.6. The third-order valence-corrected chi connectivity index (χ3v) is 6.00. The third kappa shape index (κ3) is 2.40. The van der Waals surface area contributed by atoms with E-state index in [9.17, 15) is 0 Å². The van der Waals surface area contributed by atoms with Gasteiger partial charge in [-0.2, -0.15) is 0 Å². The Morgan fingerprint density at radius 1 is 0.571 bits per heavy atom. The van der Waals surface area contributed by atoms with Crippen LogP contribution in [-0.4, -0.2) is 0 Å².